The fourth-order valence-corrected chi connectivity index (χ4v) is 3.10. The molecule has 0 N–H and O–H groups in total. The molecule has 1 saturated carbocycles. The molecule has 2 bridgehead atoms. The highest BCUT2D eigenvalue weighted by atomic mass is 19.4. The van der Waals surface area contributed by atoms with Crippen LogP contribution in [0.5, 0.6) is 0 Å². The number of nitrogens with zero attached hydrogens (tertiary/aromatic N) is 3. The van der Waals surface area contributed by atoms with Crippen LogP contribution in [0.4, 0.5) is 13.2 Å². The predicted octanol–water partition coefficient (Wildman–Crippen LogP) is 2.31. The van der Waals surface area contributed by atoms with Gasteiger partial charge in [-0.3, -0.25) is 4.90 Å². The summed E-state index contributed by atoms with van der Waals surface area (Å²) in [6.45, 7) is 2.57. The maximum absolute atomic E-state index is 13.1. The first-order chi connectivity index (χ1) is 8.41. The number of halogens is 3. The van der Waals surface area contributed by atoms with Gasteiger partial charge >= 0.3 is 6.18 Å². The number of rotatable bonds is 2. The topological polar surface area (TPSA) is 29.0 Å². The molecule has 0 radical (unpaired) electrons. The molecule has 1 aromatic heterocycles. The Kier molecular flexibility index (Phi) is 2.42. The van der Waals surface area contributed by atoms with Gasteiger partial charge in [0.05, 0.1) is 11.4 Å². The summed E-state index contributed by atoms with van der Waals surface area (Å²) in [6.07, 6.45) is -3.65. The van der Waals surface area contributed by atoms with Gasteiger partial charge in [0, 0.05) is 13.1 Å². The molecule has 0 spiro atoms. The van der Waals surface area contributed by atoms with E-state index in [1.165, 1.54) is 4.90 Å². The molecule has 1 aromatic rings. The summed E-state index contributed by atoms with van der Waals surface area (Å²) in [4.78, 5) is 1.52. The van der Waals surface area contributed by atoms with Gasteiger partial charge in [0.15, 0.2) is 0 Å². The lowest BCUT2D eigenvalue weighted by atomic mass is 9.72. The third-order valence-corrected chi connectivity index (χ3v) is 4.07. The Hall–Kier alpha value is -1.17. The smallest absolute Gasteiger partial charge is 0.283 e. The highest BCUT2D eigenvalue weighted by molar-refractivity contribution is 5.16. The molecular formula is C12H14F3N3. The molecule has 2 aliphatic heterocycles. The van der Waals surface area contributed by atoms with E-state index in [4.69, 9.17) is 0 Å². The van der Waals surface area contributed by atoms with Crippen LogP contribution < -0.4 is 0 Å². The third kappa shape index (κ3) is 1.62. The minimum atomic E-state index is -4.14. The predicted molar refractivity (Wildman–Crippen MR) is 58.7 cm³/mol. The van der Waals surface area contributed by atoms with Gasteiger partial charge < -0.3 is 0 Å². The second-order valence-electron chi connectivity index (χ2n) is 5.35. The van der Waals surface area contributed by atoms with E-state index in [0.717, 1.165) is 5.69 Å². The first-order valence-corrected chi connectivity index (χ1v) is 6.02. The molecular weight excluding hydrogens is 243 g/mol. The fraction of sp³-hybridized carbons (Fsp3) is 0.667. The van der Waals surface area contributed by atoms with Crippen LogP contribution in [0.2, 0.25) is 0 Å². The van der Waals surface area contributed by atoms with Crippen molar-refractivity contribution < 1.29 is 13.2 Å². The van der Waals surface area contributed by atoms with Gasteiger partial charge in [-0.15, -0.1) is 0 Å². The highest BCUT2D eigenvalue weighted by Gasteiger charge is 2.69. The molecule has 3 nitrogen and oxygen atoms in total. The van der Waals surface area contributed by atoms with Crippen molar-refractivity contribution in [2.75, 3.05) is 6.54 Å². The van der Waals surface area contributed by atoms with Crippen LogP contribution in [-0.2, 0) is 6.54 Å². The molecule has 0 amide bonds. The third-order valence-electron chi connectivity index (χ3n) is 4.07. The van der Waals surface area contributed by atoms with Crippen molar-refractivity contribution in [3.8, 4) is 0 Å². The van der Waals surface area contributed by atoms with E-state index in [9.17, 15) is 13.2 Å². The molecule has 3 aliphatic rings. The maximum atomic E-state index is 13.1. The van der Waals surface area contributed by atoms with E-state index in [0.29, 0.717) is 12.2 Å². The van der Waals surface area contributed by atoms with Crippen molar-refractivity contribution in [1.29, 1.82) is 0 Å². The molecule has 0 aromatic carbocycles. The molecule has 4 rings (SSSR count). The Morgan fingerprint density at radius 2 is 2.06 bits per heavy atom. The highest BCUT2D eigenvalue weighted by Crippen LogP contribution is 2.58. The zero-order valence-electron chi connectivity index (χ0n) is 10.0. The minimum Gasteiger partial charge on any atom is -0.283 e. The summed E-state index contributed by atoms with van der Waals surface area (Å²) in [5, 5.41) is 7.84. The Morgan fingerprint density at radius 3 is 2.61 bits per heavy atom. The Bertz CT molecular complexity index is 449. The molecule has 2 saturated heterocycles. The summed E-state index contributed by atoms with van der Waals surface area (Å²) in [6, 6.07) is 3.53. The van der Waals surface area contributed by atoms with E-state index in [1.807, 2.05) is 0 Å². The van der Waals surface area contributed by atoms with E-state index in [1.54, 1.807) is 19.1 Å². The number of alkyl halides is 3. The maximum Gasteiger partial charge on any atom is 0.406 e. The molecule has 0 unspecified atom stereocenters. The average molecular weight is 257 g/mol. The van der Waals surface area contributed by atoms with E-state index in [2.05, 4.69) is 10.2 Å². The molecule has 6 heteroatoms. The number of fused-ring (bicyclic) bond motifs is 1. The molecule has 18 heavy (non-hydrogen) atoms. The lowest BCUT2D eigenvalue weighted by molar-refractivity contribution is -0.238. The molecule has 3 fully saturated rings. The van der Waals surface area contributed by atoms with Crippen molar-refractivity contribution in [1.82, 2.24) is 15.1 Å². The Balaban J connectivity index is 1.79. The number of hydrogen-bond donors (Lipinski definition) is 0. The average Bonchev–Trinajstić information content (AvgIpc) is 2.74. The van der Waals surface area contributed by atoms with Gasteiger partial charge in [0.2, 0.25) is 0 Å². The van der Waals surface area contributed by atoms with Gasteiger partial charge in [0.25, 0.3) is 0 Å². The summed E-state index contributed by atoms with van der Waals surface area (Å²) in [5.74, 6) is 0.199. The normalized spacial score (nSPS) is 31.4. The second kappa shape index (κ2) is 3.66. The first kappa shape index (κ1) is 11.9. The van der Waals surface area contributed by atoms with Crippen molar-refractivity contribution >= 4 is 0 Å². The molecule has 3 heterocycles. The van der Waals surface area contributed by atoms with E-state index in [-0.39, 0.29) is 25.3 Å². The van der Waals surface area contributed by atoms with Crippen molar-refractivity contribution in [3.05, 3.63) is 23.5 Å². The van der Waals surface area contributed by atoms with Crippen LogP contribution in [0.25, 0.3) is 0 Å². The SMILES string of the molecule is Cc1ccc(CN2CC3CC2(C(F)(F)F)C3)nn1. The fourth-order valence-electron chi connectivity index (χ4n) is 3.10. The molecule has 0 atom stereocenters. The Labute approximate surface area is 103 Å². The lowest BCUT2D eigenvalue weighted by Gasteiger charge is -2.43. The van der Waals surface area contributed by atoms with Crippen LogP contribution in [0.1, 0.15) is 24.2 Å². The number of hydrogen-bond acceptors (Lipinski definition) is 3. The molecule has 1 aliphatic carbocycles. The lowest BCUT2D eigenvalue weighted by Crippen LogP contribution is -2.57. The minimum absolute atomic E-state index is 0.199. The summed E-state index contributed by atoms with van der Waals surface area (Å²) in [7, 11) is 0. The van der Waals surface area contributed by atoms with Crippen molar-refractivity contribution in [3.63, 3.8) is 0 Å². The van der Waals surface area contributed by atoms with Crippen LogP contribution in [-0.4, -0.2) is 33.4 Å². The first-order valence-electron chi connectivity index (χ1n) is 6.02. The molecule has 98 valence electrons. The van der Waals surface area contributed by atoms with E-state index < -0.39 is 11.7 Å². The van der Waals surface area contributed by atoms with Gasteiger partial charge in [-0.1, -0.05) is 0 Å². The van der Waals surface area contributed by atoms with Crippen LogP contribution in [0.3, 0.4) is 0 Å². The Morgan fingerprint density at radius 1 is 1.33 bits per heavy atom. The zero-order valence-corrected chi connectivity index (χ0v) is 10.0. The monoisotopic (exact) mass is 257 g/mol. The van der Waals surface area contributed by atoms with Crippen LogP contribution >= 0.6 is 0 Å². The summed E-state index contributed by atoms with van der Waals surface area (Å²) in [5.41, 5.74) is -0.212. The van der Waals surface area contributed by atoms with Crippen molar-refractivity contribution in [2.45, 2.75) is 38.0 Å². The quantitative estimate of drug-likeness (QED) is 0.814. The number of aryl methyl sites for hydroxylation is 1. The van der Waals surface area contributed by atoms with Gasteiger partial charge in [0.1, 0.15) is 5.54 Å². The standard InChI is InChI=1S/C12H14F3N3/c1-8-2-3-10(17-16-8)7-18-6-9-4-11(18,5-9)12(13,14)15/h2-3,9H,4-7H2,1H3. The van der Waals surface area contributed by atoms with E-state index >= 15 is 0 Å². The van der Waals surface area contributed by atoms with Crippen LogP contribution in [0.15, 0.2) is 12.1 Å². The number of aromatic nitrogens is 2. The van der Waals surface area contributed by atoms with Crippen molar-refractivity contribution in [2.24, 2.45) is 5.92 Å². The zero-order chi connectivity index (χ0) is 13.0. The largest absolute Gasteiger partial charge is 0.406 e. The summed E-state index contributed by atoms with van der Waals surface area (Å²) < 4.78 is 39.4. The van der Waals surface area contributed by atoms with Gasteiger partial charge in [-0.25, -0.2) is 0 Å². The van der Waals surface area contributed by atoms with Gasteiger partial charge in [-0.2, -0.15) is 23.4 Å². The summed E-state index contributed by atoms with van der Waals surface area (Å²) >= 11 is 0. The second-order valence-corrected chi connectivity index (χ2v) is 5.35. The van der Waals surface area contributed by atoms with Crippen LogP contribution in [0, 0.1) is 12.8 Å². The van der Waals surface area contributed by atoms with Gasteiger partial charge in [-0.05, 0) is 37.8 Å².